The number of methoxy groups -OCH3 is 1. The topological polar surface area (TPSA) is 42.8 Å². The average molecular weight is 299 g/mol. The van der Waals surface area contributed by atoms with Crippen molar-refractivity contribution < 1.29 is 14.4 Å². The summed E-state index contributed by atoms with van der Waals surface area (Å²) in [4.78, 5) is 13.2. The molecule has 0 aliphatic rings. The number of rotatable bonds is 6. The van der Waals surface area contributed by atoms with Crippen molar-refractivity contribution in [2.24, 2.45) is 0 Å². The molecule has 1 atom stereocenters. The van der Waals surface area contributed by atoms with Crippen LogP contribution in [-0.4, -0.2) is 26.6 Å². The van der Waals surface area contributed by atoms with Crippen molar-refractivity contribution in [2.75, 3.05) is 26.0 Å². The van der Waals surface area contributed by atoms with Crippen molar-refractivity contribution in [3.63, 3.8) is 0 Å². The Kier molecular flexibility index (Phi) is 5.55. The van der Waals surface area contributed by atoms with Crippen molar-refractivity contribution in [1.29, 1.82) is 0 Å². The molecule has 2 N–H and O–H groups in total. The fourth-order valence-electron chi connectivity index (χ4n) is 2.39. The highest BCUT2D eigenvalue weighted by Crippen LogP contribution is 2.14. The second kappa shape index (κ2) is 7.61. The lowest BCUT2D eigenvalue weighted by atomic mass is 10.1. The van der Waals surface area contributed by atoms with Crippen LogP contribution in [-0.2, 0) is 11.3 Å². The van der Waals surface area contributed by atoms with Crippen LogP contribution < -0.4 is 15.0 Å². The van der Waals surface area contributed by atoms with Gasteiger partial charge in [-0.05, 0) is 31.2 Å². The number of hydrogen-bond donors (Lipinski definition) is 2. The summed E-state index contributed by atoms with van der Waals surface area (Å²) in [5.74, 6) is 0.788. The van der Waals surface area contributed by atoms with Crippen molar-refractivity contribution in [1.82, 2.24) is 0 Å². The minimum absolute atomic E-state index is 0.00956. The van der Waals surface area contributed by atoms with E-state index in [1.165, 1.54) is 11.1 Å². The van der Waals surface area contributed by atoms with E-state index in [0.29, 0.717) is 6.54 Å². The lowest BCUT2D eigenvalue weighted by molar-refractivity contribution is -0.885. The highest BCUT2D eigenvalue weighted by molar-refractivity contribution is 5.91. The molecular weight excluding hydrogens is 276 g/mol. The van der Waals surface area contributed by atoms with E-state index in [9.17, 15) is 4.79 Å². The normalized spacial score (nSPS) is 11.8. The Morgan fingerprint density at radius 3 is 2.55 bits per heavy atom. The van der Waals surface area contributed by atoms with Crippen LogP contribution in [0.15, 0.2) is 48.5 Å². The molecule has 0 bridgehead atoms. The standard InChI is InChI=1S/C18H22N2O2/c1-14-5-4-6-15(11-14)12-20(2)13-18(21)19-16-7-9-17(22-3)10-8-16/h4-11H,12-13H2,1-3H3,(H,19,21)/p+1. The van der Waals surface area contributed by atoms with Crippen LogP contribution in [0.5, 0.6) is 5.75 Å². The number of nitrogens with one attached hydrogen (secondary N) is 2. The van der Waals surface area contributed by atoms with Gasteiger partial charge in [-0.2, -0.15) is 0 Å². The first-order valence-corrected chi connectivity index (χ1v) is 7.37. The molecule has 2 aromatic rings. The quantitative estimate of drug-likeness (QED) is 0.852. The molecule has 0 aliphatic heterocycles. The third-order valence-corrected chi connectivity index (χ3v) is 3.42. The van der Waals surface area contributed by atoms with Crippen LogP contribution in [0.4, 0.5) is 5.69 Å². The Morgan fingerprint density at radius 1 is 1.18 bits per heavy atom. The first-order valence-electron chi connectivity index (χ1n) is 7.37. The van der Waals surface area contributed by atoms with Gasteiger partial charge in [0, 0.05) is 11.3 Å². The Bertz CT molecular complexity index is 623. The number of quaternary nitrogens is 1. The molecule has 4 nitrogen and oxygen atoms in total. The van der Waals surface area contributed by atoms with E-state index < -0.39 is 0 Å². The fourth-order valence-corrected chi connectivity index (χ4v) is 2.39. The summed E-state index contributed by atoms with van der Waals surface area (Å²) < 4.78 is 5.10. The van der Waals surface area contributed by atoms with E-state index in [0.717, 1.165) is 22.9 Å². The van der Waals surface area contributed by atoms with Crippen LogP contribution in [0.25, 0.3) is 0 Å². The summed E-state index contributed by atoms with van der Waals surface area (Å²) in [5.41, 5.74) is 3.27. The molecule has 0 aliphatic carbocycles. The highest BCUT2D eigenvalue weighted by atomic mass is 16.5. The molecule has 116 valence electrons. The van der Waals surface area contributed by atoms with E-state index in [2.05, 4.69) is 36.5 Å². The maximum Gasteiger partial charge on any atom is 0.279 e. The number of carbonyl (C=O) groups excluding carboxylic acids is 1. The molecule has 1 amide bonds. The monoisotopic (exact) mass is 299 g/mol. The molecule has 4 heteroatoms. The number of hydrogen-bond acceptors (Lipinski definition) is 2. The number of aryl methyl sites for hydroxylation is 1. The largest absolute Gasteiger partial charge is 0.497 e. The van der Waals surface area contributed by atoms with Gasteiger partial charge in [0.2, 0.25) is 0 Å². The third kappa shape index (κ3) is 4.90. The predicted octanol–water partition coefficient (Wildman–Crippen LogP) is 1.66. The zero-order chi connectivity index (χ0) is 15.9. The van der Waals surface area contributed by atoms with Crippen LogP contribution in [0.1, 0.15) is 11.1 Å². The molecule has 2 rings (SSSR count). The number of carbonyl (C=O) groups is 1. The van der Waals surface area contributed by atoms with Gasteiger partial charge in [-0.15, -0.1) is 0 Å². The smallest absolute Gasteiger partial charge is 0.279 e. The van der Waals surface area contributed by atoms with Gasteiger partial charge in [-0.25, -0.2) is 0 Å². The Balaban J connectivity index is 1.85. The van der Waals surface area contributed by atoms with Crippen LogP contribution in [0, 0.1) is 6.92 Å². The van der Waals surface area contributed by atoms with Gasteiger partial charge in [-0.3, -0.25) is 4.79 Å². The van der Waals surface area contributed by atoms with Crippen molar-refractivity contribution in [3.05, 3.63) is 59.7 Å². The van der Waals surface area contributed by atoms with Crippen LogP contribution >= 0.6 is 0 Å². The van der Waals surface area contributed by atoms with Gasteiger partial charge in [0.25, 0.3) is 5.91 Å². The zero-order valence-electron chi connectivity index (χ0n) is 13.3. The van der Waals surface area contributed by atoms with Gasteiger partial charge in [0.15, 0.2) is 6.54 Å². The summed E-state index contributed by atoms with van der Waals surface area (Å²) in [7, 11) is 3.65. The van der Waals surface area contributed by atoms with Gasteiger partial charge in [-0.1, -0.05) is 29.8 Å². The molecule has 0 heterocycles. The van der Waals surface area contributed by atoms with Gasteiger partial charge in [0.05, 0.1) is 14.2 Å². The molecule has 0 radical (unpaired) electrons. The van der Waals surface area contributed by atoms with Gasteiger partial charge in [0.1, 0.15) is 12.3 Å². The average Bonchev–Trinajstić information content (AvgIpc) is 2.47. The number of likely N-dealkylation sites (N-methyl/N-ethyl adjacent to an activating group) is 1. The molecule has 0 saturated carbocycles. The zero-order valence-corrected chi connectivity index (χ0v) is 13.3. The van der Waals surface area contributed by atoms with E-state index >= 15 is 0 Å². The summed E-state index contributed by atoms with van der Waals surface area (Å²) in [5, 5.41) is 2.91. The molecule has 22 heavy (non-hydrogen) atoms. The summed E-state index contributed by atoms with van der Waals surface area (Å²) in [6.45, 7) is 3.34. The Labute approximate surface area is 131 Å². The van der Waals surface area contributed by atoms with E-state index in [1.54, 1.807) is 7.11 Å². The summed E-state index contributed by atoms with van der Waals surface area (Å²) in [6.07, 6.45) is 0. The maximum atomic E-state index is 12.1. The first kappa shape index (κ1) is 16.0. The van der Waals surface area contributed by atoms with Crippen molar-refractivity contribution >= 4 is 11.6 Å². The number of benzene rings is 2. The van der Waals surface area contributed by atoms with Gasteiger partial charge >= 0.3 is 0 Å². The lowest BCUT2D eigenvalue weighted by Gasteiger charge is -2.14. The Morgan fingerprint density at radius 2 is 1.91 bits per heavy atom. The number of anilines is 1. The minimum Gasteiger partial charge on any atom is -0.497 e. The third-order valence-electron chi connectivity index (χ3n) is 3.42. The Hall–Kier alpha value is -2.33. The number of amides is 1. The van der Waals surface area contributed by atoms with E-state index in [4.69, 9.17) is 4.74 Å². The molecule has 0 aromatic heterocycles. The molecular formula is C18H23N2O2+. The highest BCUT2D eigenvalue weighted by Gasteiger charge is 2.11. The number of ether oxygens (including phenoxy) is 1. The summed E-state index contributed by atoms with van der Waals surface area (Å²) in [6, 6.07) is 15.7. The van der Waals surface area contributed by atoms with Crippen molar-refractivity contribution in [2.45, 2.75) is 13.5 Å². The fraction of sp³-hybridized carbons (Fsp3) is 0.278. The SMILES string of the molecule is COc1ccc(NC(=O)C[NH+](C)Cc2cccc(C)c2)cc1. The minimum atomic E-state index is 0.00956. The maximum absolute atomic E-state index is 12.1. The molecule has 1 unspecified atom stereocenters. The molecule has 0 spiro atoms. The van der Waals surface area contributed by atoms with Crippen LogP contribution in [0.3, 0.4) is 0 Å². The second-order valence-electron chi connectivity index (χ2n) is 5.58. The molecule has 0 saturated heterocycles. The molecule has 2 aromatic carbocycles. The lowest BCUT2D eigenvalue weighted by Crippen LogP contribution is -3.08. The van der Waals surface area contributed by atoms with Crippen LogP contribution in [0.2, 0.25) is 0 Å². The summed E-state index contributed by atoms with van der Waals surface area (Å²) >= 11 is 0. The van der Waals surface area contributed by atoms with E-state index in [-0.39, 0.29) is 5.91 Å². The van der Waals surface area contributed by atoms with Gasteiger partial charge < -0.3 is 15.0 Å². The predicted molar refractivity (Wildman–Crippen MR) is 88.3 cm³/mol. The second-order valence-corrected chi connectivity index (χ2v) is 5.58. The van der Waals surface area contributed by atoms with Crippen molar-refractivity contribution in [3.8, 4) is 5.75 Å². The molecule has 0 fully saturated rings. The first-order chi connectivity index (χ1) is 10.6. The van der Waals surface area contributed by atoms with E-state index in [1.807, 2.05) is 31.3 Å².